The van der Waals surface area contributed by atoms with E-state index < -0.39 is 15.9 Å². The van der Waals surface area contributed by atoms with Gasteiger partial charge in [-0.05, 0) is 17.7 Å². The van der Waals surface area contributed by atoms with Crippen LogP contribution in [-0.2, 0) is 22.2 Å². The molecule has 0 aliphatic rings. The minimum atomic E-state index is -3.84. The van der Waals surface area contributed by atoms with Crippen LogP contribution in [0.3, 0.4) is 0 Å². The Morgan fingerprint density at radius 2 is 2.18 bits per heavy atom. The first kappa shape index (κ1) is 16.0. The van der Waals surface area contributed by atoms with E-state index in [0.29, 0.717) is 23.6 Å². The van der Waals surface area contributed by atoms with Gasteiger partial charge in [-0.15, -0.1) is 0 Å². The second kappa shape index (κ2) is 6.61. The topological polar surface area (TPSA) is 98.5 Å². The van der Waals surface area contributed by atoms with Crippen molar-refractivity contribution in [2.45, 2.75) is 19.1 Å². The third kappa shape index (κ3) is 4.08. The van der Waals surface area contributed by atoms with Gasteiger partial charge in [0.1, 0.15) is 12.0 Å². The molecule has 0 radical (unpaired) electrons. The van der Waals surface area contributed by atoms with Gasteiger partial charge >= 0.3 is 0 Å². The summed E-state index contributed by atoms with van der Waals surface area (Å²) in [6.07, 6.45) is 1.65. The number of hydrogen-bond acceptors (Lipinski definition) is 6. The number of aryl methyl sites for hydroxylation is 1. The molecule has 1 N–H and O–H groups in total. The van der Waals surface area contributed by atoms with Gasteiger partial charge < -0.3 is 9.15 Å². The standard InChI is InChI=1S/C14H16N2O5S/c1-3-13-15-12(8-21-13)14(17)16-22(18,19)9-10-5-4-6-11(7-10)20-2/h4-8H,3,9H2,1-2H3,(H,16,17). The van der Waals surface area contributed by atoms with Gasteiger partial charge in [0.25, 0.3) is 5.91 Å². The number of sulfonamides is 1. The zero-order chi connectivity index (χ0) is 16.2. The van der Waals surface area contributed by atoms with Crippen LogP contribution in [0.2, 0.25) is 0 Å². The lowest BCUT2D eigenvalue weighted by Gasteiger charge is -2.07. The number of oxazole rings is 1. The Hall–Kier alpha value is -2.35. The number of rotatable bonds is 6. The van der Waals surface area contributed by atoms with Crippen molar-refractivity contribution in [3.63, 3.8) is 0 Å². The summed E-state index contributed by atoms with van der Waals surface area (Å²) in [4.78, 5) is 15.7. The molecular weight excluding hydrogens is 308 g/mol. The summed E-state index contributed by atoms with van der Waals surface area (Å²) in [5, 5.41) is 0. The first-order valence-corrected chi connectivity index (χ1v) is 8.21. The van der Waals surface area contributed by atoms with Crippen LogP contribution >= 0.6 is 0 Å². The van der Waals surface area contributed by atoms with E-state index in [0.717, 1.165) is 6.26 Å². The second-order valence-electron chi connectivity index (χ2n) is 4.52. The molecule has 1 aromatic heterocycles. The van der Waals surface area contributed by atoms with Crippen molar-refractivity contribution in [2.24, 2.45) is 0 Å². The average molecular weight is 324 g/mol. The highest BCUT2D eigenvalue weighted by Gasteiger charge is 2.19. The largest absolute Gasteiger partial charge is 0.497 e. The molecule has 8 heteroatoms. The van der Waals surface area contributed by atoms with E-state index in [9.17, 15) is 13.2 Å². The van der Waals surface area contributed by atoms with Crippen LogP contribution in [0, 0.1) is 0 Å². The first-order chi connectivity index (χ1) is 10.4. The predicted octanol–water partition coefficient (Wildman–Crippen LogP) is 1.51. The summed E-state index contributed by atoms with van der Waals surface area (Å²) < 4.78 is 36.1. The maximum absolute atomic E-state index is 12.0. The van der Waals surface area contributed by atoms with Crippen molar-refractivity contribution in [2.75, 3.05) is 7.11 Å². The first-order valence-electron chi connectivity index (χ1n) is 6.55. The highest BCUT2D eigenvalue weighted by molar-refractivity contribution is 7.89. The van der Waals surface area contributed by atoms with Gasteiger partial charge in [-0.3, -0.25) is 4.79 Å². The molecule has 2 rings (SSSR count). The quantitative estimate of drug-likeness (QED) is 0.864. The van der Waals surface area contributed by atoms with Crippen molar-refractivity contribution in [1.29, 1.82) is 0 Å². The maximum atomic E-state index is 12.0. The van der Waals surface area contributed by atoms with E-state index in [2.05, 4.69) is 4.98 Å². The van der Waals surface area contributed by atoms with Crippen LogP contribution in [0.15, 0.2) is 34.9 Å². The van der Waals surface area contributed by atoms with Crippen molar-refractivity contribution in [3.05, 3.63) is 47.7 Å². The third-order valence-corrected chi connectivity index (χ3v) is 4.04. The molecule has 0 bridgehead atoms. The van der Waals surface area contributed by atoms with Crippen LogP contribution in [0.25, 0.3) is 0 Å². The predicted molar refractivity (Wildman–Crippen MR) is 79.0 cm³/mol. The molecule has 0 aliphatic heterocycles. The second-order valence-corrected chi connectivity index (χ2v) is 6.24. The van der Waals surface area contributed by atoms with Gasteiger partial charge in [-0.2, -0.15) is 0 Å². The summed E-state index contributed by atoms with van der Waals surface area (Å²) in [5.74, 6) is -0.237. The number of nitrogens with zero attached hydrogens (tertiary/aromatic N) is 1. The molecule has 0 spiro atoms. The number of ether oxygens (including phenoxy) is 1. The Labute approximate surface area is 128 Å². The van der Waals surface area contributed by atoms with Crippen LogP contribution in [0.5, 0.6) is 5.75 Å². The molecule has 1 amide bonds. The summed E-state index contributed by atoms with van der Waals surface area (Å²) in [7, 11) is -2.35. The Kier molecular flexibility index (Phi) is 4.81. The lowest BCUT2D eigenvalue weighted by atomic mass is 10.2. The van der Waals surface area contributed by atoms with Gasteiger partial charge in [0.05, 0.1) is 12.9 Å². The summed E-state index contributed by atoms with van der Waals surface area (Å²) in [5.41, 5.74) is 0.445. The van der Waals surface area contributed by atoms with Gasteiger partial charge in [-0.1, -0.05) is 19.1 Å². The zero-order valence-corrected chi connectivity index (χ0v) is 13.0. The molecule has 118 valence electrons. The highest BCUT2D eigenvalue weighted by atomic mass is 32.2. The Bertz CT molecular complexity index is 767. The van der Waals surface area contributed by atoms with Crippen LogP contribution in [0.1, 0.15) is 28.9 Å². The molecule has 1 aromatic carbocycles. The molecule has 0 atom stereocenters. The molecule has 0 fully saturated rings. The number of methoxy groups -OCH3 is 1. The molecule has 7 nitrogen and oxygen atoms in total. The van der Waals surface area contributed by atoms with Gasteiger partial charge in [0, 0.05) is 6.42 Å². The molecule has 0 unspecified atom stereocenters. The summed E-state index contributed by atoms with van der Waals surface area (Å²) in [6.45, 7) is 1.81. The van der Waals surface area contributed by atoms with Crippen LogP contribution in [-0.4, -0.2) is 26.4 Å². The fraction of sp³-hybridized carbons (Fsp3) is 0.286. The number of carbonyl (C=O) groups excluding carboxylic acids is 1. The molecule has 22 heavy (non-hydrogen) atoms. The maximum Gasteiger partial charge on any atom is 0.286 e. The van der Waals surface area contributed by atoms with E-state index in [1.807, 2.05) is 11.6 Å². The molecule has 0 saturated heterocycles. The van der Waals surface area contributed by atoms with Crippen molar-refractivity contribution < 1.29 is 22.4 Å². The number of nitrogens with one attached hydrogen (secondary N) is 1. The minimum Gasteiger partial charge on any atom is -0.497 e. The lowest BCUT2D eigenvalue weighted by Crippen LogP contribution is -2.31. The monoisotopic (exact) mass is 324 g/mol. The zero-order valence-electron chi connectivity index (χ0n) is 12.2. The number of aromatic nitrogens is 1. The molecule has 1 heterocycles. The van der Waals surface area contributed by atoms with Gasteiger partial charge in [-0.25, -0.2) is 18.1 Å². The van der Waals surface area contributed by atoms with E-state index in [1.165, 1.54) is 7.11 Å². The number of amides is 1. The van der Waals surface area contributed by atoms with E-state index in [4.69, 9.17) is 9.15 Å². The number of benzene rings is 1. The van der Waals surface area contributed by atoms with E-state index >= 15 is 0 Å². The van der Waals surface area contributed by atoms with Gasteiger partial charge in [0.15, 0.2) is 11.6 Å². The molecule has 0 saturated carbocycles. The number of carbonyl (C=O) groups is 1. The Morgan fingerprint density at radius 3 is 2.82 bits per heavy atom. The minimum absolute atomic E-state index is 0.0638. The number of hydrogen-bond donors (Lipinski definition) is 1. The Balaban J connectivity index is 2.08. The van der Waals surface area contributed by atoms with E-state index in [1.54, 1.807) is 24.3 Å². The van der Waals surface area contributed by atoms with Crippen molar-refractivity contribution in [1.82, 2.24) is 9.71 Å². The normalized spacial score (nSPS) is 11.2. The van der Waals surface area contributed by atoms with Crippen molar-refractivity contribution in [3.8, 4) is 5.75 Å². The smallest absolute Gasteiger partial charge is 0.286 e. The lowest BCUT2D eigenvalue weighted by molar-refractivity contribution is 0.0976. The van der Waals surface area contributed by atoms with Crippen molar-refractivity contribution >= 4 is 15.9 Å². The fourth-order valence-corrected chi connectivity index (χ4v) is 2.87. The SMILES string of the molecule is CCc1nc(C(=O)NS(=O)(=O)Cc2cccc(OC)c2)co1. The van der Waals surface area contributed by atoms with Gasteiger partial charge in [0.2, 0.25) is 10.0 Å². The molecule has 0 aliphatic carbocycles. The van der Waals surface area contributed by atoms with Crippen LogP contribution < -0.4 is 9.46 Å². The highest BCUT2D eigenvalue weighted by Crippen LogP contribution is 2.14. The average Bonchev–Trinajstić information content (AvgIpc) is 2.95. The summed E-state index contributed by atoms with van der Waals surface area (Å²) >= 11 is 0. The van der Waals surface area contributed by atoms with E-state index in [-0.39, 0.29) is 11.4 Å². The Morgan fingerprint density at radius 1 is 1.41 bits per heavy atom. The van der Waals surface area contributed by atoms with Crippen LogP contribution in [0.4, 0.5) is 0 Å². The molecule has 2 aromatic rings. The molecular formula is C14H16N2O5S. The summed E-state index contributed by atoms with van der Waals surface area (Å²) in [6, 6.07) is 6.61. The third-order valence-electron chi connectivity index (χ3n) is 2.83. The fourth-order valence-electron chi connectivity index (χ4n) is 1.79.